The third kappa shape index (κ3) is 3.65. The number of hydrogen-bond donors (Lipinski definition) is 2. The van der Waals surface area contributed by atoms with E-state index in [1.165, 1.54) is 0 Å². The van der Waals surface area contributed by atoms with Crippen molar-refractivity contribution >= 4 is 34.1 Å². The Morgan fingerprint density at radius 1 is 1.14 bits per heavy atom. The normalized spacial score (nSPS) is 11.0. The van der Waals surface area contributed by atoms with E-state index in [-0.39, 0.29) is 0 Å². The van der Waals surface area contributed by atoms with Crippen molar-refractivity contribution in [3.05, 3.63) is 78.6 Å². The summed E-state index contributed by atoms with van der Waals surface area (Å²) in [6.07, 6.45) is 3.49. The highest BCUT2D eigenvalue weighted by atomic mass is 35.5. The van der Waals surface area contributed by atoms with Crippen molar-refractivity contribution in [2.45, 2.75) is 13.1 Å². The van der Waals surface area contributed by atoms with Gasteiger partial charge in [-0.1, -0.05) is 17.7 Å². The van der Waals surface area contributed by atoms with Crippen molar-refractivity contribution in [2.75, 3.05) is 5.32 Å². The van der Waals surface area contributed by atoms with Crippen LogP contribution in [0.25, 0.3) is 11.0 Å². The maximum absolute atomic E-state index is 6.03. The van der Waals surface area contributed by atoms with E-state index >= 15 is 0 Å². The number of ether oxygens (including phenoxy) is 1. The van der Waals surface area contributed by atoms with Crippen LogP contribution >= 0.6 is 11.6 Å². The topological polar surface area (TPSA) is 78.0 Å². The van der Waals surface area contributed by atoms with E-state index in [9.17, 15) is 0 Å². The number of anilines is 2. The van der Waals surface area contributed by atoms with Gasteiger partial charge in [-0.2, -0.15) is 0 Å². The van der Waals surface area contributed by atoms with Crippen LogP contribution in [0.4, 0.5) is 11.5 Å². The molecule has 7 heteroatoms. The molecule has 0 unspecified atom stereocenters. The Kier molecular flexibility index (Phi) is 5.14. The molecule has 2 heterocycles. The molecule has 0 aliphatic rings. The number of aromatic nitrogens is 3. The number of benzene rings is 2. The second kappa shape index (κ2) is 7.88. The molecule has 0 aliphatic heterocycles. The fraction of sp³-hybridized carbons (Fsp3) is 0.0952. The van der Waals surface area contributed by atoms with E-state index in [2.05, 4.69) is 22.2 Å². The summed E-state index contributed by atoms with van der Waals surface area (Å²) in [5.74, 6) is 2.06. The van der Waals surface area contributed by atoms with Crippen molar-refractivity contribution in [3.63, 3.8) is 0 Å². The molecule has 0 bridgehead atoms. The Hall–Kier alpha value is -3.09. The molecule has 28 heavy (non-hydrogen) atoms. The van der Waals surface area contributed by atoms with Crippen LogP contribution in [-0.4, -0.2) is 14.5 Å². The number of nitrogens with one attached hydrogen (secondary N) is 1. The van der Waals surface area contributed by atoms with Crippen LogP contribution < -0.4 is 15.8 Å². The summed E-state index contributed by atoms with van der Waals surface area (Å²) in [6, 6.07) is 14.9. The van der Waals surface area contributed by atoms with Crippen LogP contribution in [-0.2, 0) is 13.1 Å². The van der Waals surface area contributed by atoms with Crippen molar-refractivity contribution in [1.82, 2.24) is 14.5 Å². The highest BCUT2D eigenvalue weighted by Crippen LogP contribution is 2.31. The van der Waals surface area contributed by atoms with E-state index in [0.717, 1.165) is 22.3 Å². The molecular formula is C21H19ClN5O. The molecule has 0 atom stereocenters. The van der Waals surface area contributed by atoms with Gasteiger partial charge in [-0.25, -0.2) is 9.97 Å². The Bertz CT molecular complexity index is 1120. The predicted octanol–water partition coefficient (Wildman–Crippen LogP) is 4.91. The molecule has 0 aliphatic carbocycles. The lowest BCUT2D eigenvalue weighted by molar-refractivity contribution is 0.476. The van der Waals surface area contributed by atoms with E-state index in [1.807, 2.05) is 47.2 Å². The fourth-order valence-electron chi connectivity index (χ4n) is 3.02. The Morgan fingerprint density at radius 3 is 2.82 bits per heavy atom. The molecule has 1 radical (unpaired) electrons. The first-order valence-corrected chi connectivity index (χ1v) is 9.18. The predicted molar refractivity (Wildman–Crippen MR) is 112 cm³/mol. The van der Waals surface area contributed by atoms with Crippen LogP contribution in [0.3, 0.4) is 0 Å². The summed E-state index contributed by atoms with van der Waals surface area (Å²) in [5, 5.41) is 3.97. The van der Waals surface area contributed by atoms with E-state index in [4.69, 9.17) is 22.1 Å². The van der Waals surface area contributed by atoms with E-state index in [0.29, 0.717) is 35.4 Å². The van der Waals surface area contributed by atoms with Gasteiger partial charge in [0, 0.05) is 35.6 Å². The maximum atomic E-state index is 6.03. The number of rotatable bonds is 6. The quantitative estimate of drug-likeness (QED) is 0.487. The summed E-state index contributed by atoms with van der Waals surface area (Å²) in [5.41, 5.74) is 9.44. The Balaban J connectivity index is 1.64. The summed E-state index contributed by atoms with van der Waals surface area (Å²) in [7, 11) is 0. The molecule has 0 saturated heterocycles. The van der Waals surface area contributed by atoms with Gasteiger partial charge < -0.3 is 20.4 Å². The lowest BCUT2D eigenvalue weighted by Gasteiger charge is -2.14. The zero-order chi connectivity index (χ0) is 19.5. The SMILES string of the molecule is [CH2]Cn1ccc2ncnc(Nc3ccc(Oc4cccc(Cl)c4)c(CN)c3)c21. The molecule has 0 saturated carbocycles. The van der Waals surface area contributed by atoms with Gasteiger partial charge in [0.25, 0.3) is 0 Å². The molecule has 0 spiro atoms. The zero-order valence-corrected chi connectivity index (χ0v) is 15.9. The fourth-order valence-corrected chi connectivity index (χ4v) is 3.20. The first kappa shape index (κ1) is 18.3. The number of hydrogen-bond acceptors (Lipinski definition) is 5. The van der Waals surface area contributed by atoms with Crippen molar-refractivity contribution in [3.8, 4) is 11.5 Å². The number of nitrogens with zero attached hydrogens (tertiary/aromatic N) is 3. The molecule has 0 amide bonds. The Labute approximate surface area is 167 Å². The average Bonchev–Trinajstić information content (AvgIpc) is 3.13. The summed E-state index contributed by atoms with van der Waals surface area (Å²) in [4.78, 5) is 8.69. The second-order valence-corrected chi connectivity index (χ2v) is 6.61. The van der Waals surface area contributed by atoms with E-state index < -0.39 is 0 Å². The van der Waals surface area contributed by atoms with Crippen LogP contribution in [0.15, 0.2) is 61.1 Å². The van der Waals surface area contributed by atoms with Crippen molar-refractivity contribution in [1.29, 1.82) is 0 Å². The van der Waals surface area contributed by atoms with Gasteiger partial charge in [0.05, 0.1) is 5.52 Å². The molecule has 0 fully saturated rings. The van der Waals surface area contributed by atoms with Gasteiger partial charge in [-0.3, -0.25) is 0 Å². The van der Waals surface area contributed by atoms with Crippen LogP contribution in [0.1, 0.15) is 5.56 Å². The highest BCUT2D eigenvalue weighted by molar-refractivity contribution is 6.30. The van der Waals surface area contributed by atoms with Gasteiger partial charge in [-0.05, 0) is 49.4 Å². The largest absolute Gasteiger partial charge is 0.457 e. The van der Waals surface area contributed by atoms with Gasteiger partial charge in [0.15, 0.2) is 5.82 Å². The van der Waals surface area contributed by atoms with Crippen molar-refractivity contribution in [2.24, 2.45) is 5.73 Å². The van der Waals surface area contributed by atoms with Gasteiger partial charge in [0.1, 0.15) is 23.3 Å². The van der Waals surface area contributed by atoms with E-state index in [1.54, 1.807) is 18.5 Å². The highest BCUT2D eigenvalue weighted by Gasteiger charge is 2.11. The lowest BCUT2D eigenvalue weighted by Crippen LogP contribution is -2.03. The van der Waals surface area contributed by atoms with Crippen LogP contribution in [0, 0.1) is 6.92 Å². The lowest BCUT2D eigenvalue weighted by atomic mass is 10.1. The van der Waals surface area contributed by atoms with Crippen LogP contribution in [0.2, 0.25) is 5.02 Å². The second-order valence-electron chi connectivity index (χ2n) is 6.18. The van der Waals surface area contributed by atoms with Crippen LogP contribution in [0.5, 0.6) is 11.5 Å². The zero-order valence-electron chi connectivity index (χ0n) is 15.1. The summed E-state index contributed by atoms with van der Waals surface area (Å²) >= 11 is 6.03. The molecule has 3 N–H and O–H groups in total. The average molecular weight is 393 g/mol. The molecule has 2 aromatic carbocycles. The number of nitrogens with two attached hydrogens (primary N) is 1. The third-order valence-corrected chi connectivity index (χ3v) is 4.59. The third-order valence-electron chi connectivity index (χ3n) is 4.36. The maximum Gasteiger partial charge on any atom is 0.158 e. The summed E-state index contributed by atoms with van der Waals surface area (Å²) in [6.45, 7) is 4.87. The monoisotopic (exact) mass is 392 g/mol. The van der Waals surface area contributed by atoms with Gasteiger partial charge in [-0.15, -0.1) is 0 Å². The van der Waals surface area contributed by atoms with Gasteiger partial charge in [0.2, 0.25) is 0 Å². The minimum Gasteiger partial charge on any atom is -0.457 e. The molecule has 6 nitrogen and oxygen atoms in total. The minimum atomic E-state index is 0.333. The summed E-state index contributed by atoms with van der Waals surface area (Å²) < 4.78 is 7.95. The van der Waals surface area contributed by atoms with Gasteiger partial charge >= 0.3 is 0 Å². The molecule has 4 aromatic rings. The molecular weight excluding hydrogens is 374 g/mol. The number of halogens is 1. The first-order chi connectivity index (χ1) is 13.7. The Morgan fingerprint density at radius 2 is 2.04 bits per heavy atom. The molecule has 4 rings (SSSR count). The smallest absolute Gasteiger partial charge is 0.158 e. The first-order valence-electron chi connectivity index (χ1n) is 8.80. The molecule has 141 valence electrons. The molecule has 2 aromatic heterocycles. The minimum absolute atomic E-state index is 0.333. The van der Waals surface area contributed by atoms with Crippen molar-refractivity contribution < 1.29 is 4.74 Å². The number of fused-ring (bicyclic) bond motifs is 1. The standard InChI is InChI=1S/C21H19ClN5O/c1-2-27-9-8-18-20(27)21(25-13-24-18)26-16-6-7-19(14(10-16)12-23)28-17-5-3-4-15(22)11-17/h3-11,13H,1-2,12,23H2,(H,24,25,26).